The normalized spacial score (nSPS) is 17.1. The Morgan fingerprint density at radius 1 is 1.39 bits per heavy atom. The largest absolute Gasteiger partial charge is 0.497 e. The Morgan fingerprint density at radius 2 is 2.17 bits per heavy atom. The molecule has 1 saturated carbocycles. The average Bonchev–Trinajstić information content (AvgIpc) is 3.04. The van der Waals surface area contributed by atoms with Crippen LogP contribution in [0, 0.1) is 6.92 Å². The van der Waals surface area contributed by atoms with E-state index < -0.39 is 0 Å². The lowest BCUT2D eigenvalue weighted by Gasteiger charge is -2.15. The minimum absolute atomic E-state index is 0.337. The number of ether oxygens (including phenoxy) is 1. The molecule has 18 heavy (non-hydrogen) atoms. The van der Waals surface area contributed by atoms with Gasteiger partial charge in [0.15, 0.2) is 0 Å². The molecule has 1 aromatic carbocycles. The van der Waals surface area contributed by atoms with E-state index in [1.54, 1.807) is 7.11 Å². The summed E-state index contributed by atoms with van der Waals surface area (Å²) in [7, 11) is 3.76. The van der Waals surface area contributed by atoms with Crippen LogP contribution in [0.3, 0.4) is 0 Å². The van der Waals surface area contributed by atoms with E-state index in [0.29, 0.717) is 5.41 Å². The number of aromatic amines is 1. The van der Waals surface area contributed by atoms with Crippen molar-refractivity contribution in [3.05, 3.63) is 29.5 Å². The van der Waals surface area contributed by atoms with Crippen molar-refractivity contribution in [2.45, 2.75) is 25.2 Å². The van der Waals surface area contributed by atoms with E-state index in [-0.39, 0.29) is 0 Å². The third-order valence-corrected chi connectivity index (χ3v) is 4.09. The number of rotatable bonds is 4. The highest BCUT2D eigenvalue weighted by Gasteiger charge is 2.46. The van der Waals surface area contributed by atoms with Crippen molar-refractivity contribution in [2.75, 3.05) is 20.7 Å². The van der Waals surface area contributed by atoms with Crippen molar-refractivity contribution in [3.8, 4) is 5.75 Å². The van der Waals surface area contributed by atoms with Gasteiger partial charge in [0.25, 0.3) is 0 Å². The van der Waals surface area contributed by atoms with Gasteiger partial charge in [-0.3, -0.25) is 0 Å². The fraction of sp³-hybridized carbons (Fsp3) is 0.467. The Morgan fingerprint density at radius 3 is 2.78 bits per heavy atom. The Bertz CT molecular complexity index is 581. The van der Waals surface area contributed by atoms with E-state index in [4.69, 9.17) is 4.74 Å². The van der Waals surface area contributed by atoms with Gasteiger partial charge < -0.3 is 15.0 Å². The highest BCUT2D eigenvalue weighted by atomic mass is 16.5. The smallest absolute Gasteiger partial charge is 0.119 e. The van der Waals surface area contributed by atoms with Crippen LogP contribution in [0.5, 0.6) is 5.75 Å². The monoisotopic (exact) mass is 244 g/mol. The van der Waals surface area contributed by atoms with Crippen molar-refractivity contribution in [2.24, 2.45) is 0 Å². The summed E-state index contributed by atoms with van der Waals surface area (Å²) >= 11 is 0. The van der Waals surface area contributed by atoms with Crippen LogP contribution in [0.15, 0.2) is 18.2 Å². The molecule has 0 unspecified atom stereocenters. The Balaban J connectivity index is 2.18. The van der Waals surface area contributed by atoms with Crippen LogP contribution in [0.1, 0.15) is 24.1 Å². The second kappa shape index (κ2) is 4.02. The molecule has 0 saturated heterocycles. The first-order valence-corrected chi connectivity index (χ1v) is 6.51. The van der Waals surface area contributed by atoms with E-state index in [9.17, 15) is 0 Å². The van der Waals surface area contributed by atoms with Crippen molar-refractivity contribution in [1.82, 2.24) is 10.3 Å². The van der Waals surface area contributed by atoms with Gasteiger partial charge >= 0.3 is 0 Å². The lowest BCUT2D eigenvalue weighted by molar-refractivity contribution is 0.415. The van der Waals surface area contributed by atoms with E-state index >= 15 is 0 Å². The molecular weight excluding hydrogens is 224 g/mol. The van der Waals surface area contributed by atoms with E-state index in [1.165, 1.54) is 35.0 Å². The number of benzene rings is 1. The number of aromatic nitrogens is 1. The molecule has 0 aliphatic heterocycles. The zero-order chi connectivity index (χ0) is 12.8. The maximum absolute atomic E-state index is 5.35. The fourth-order valence-corrected chi connectivity index (χ4v) is 3.12. The van der Waals surface area contributed by atoms with Crippen molar-refractivity contribution in [3.63, 3.8) is 0 Å². The molecule has 3 rings (SSSR count). The first kappa shape index (κ1) is 11.6. The quantitative estimate of drug-likeness (QED) is 0.867. The molecule has 1 fully saturated rings. The lowest BCUT2D eigenvalue weighted by atomic mass is 9.93. The summed E-state index contributed by atoms with van der Waals surface area (Å²) in [5.74, 6) is 0.933. The Hall–Kier alpha value is -1.48. The van der Waals surface area contributed by atoms with Gasteiger partial charge in [0, 0.05) is 28.6 Å². The van der Waals surface area contributed by atoms with Crippen LogP contribution in [0.2, 0.25) is 0 Å². The predicted molar refractivity (Wildman–Crippen MR) is 74.4 cm³/mol. The highest BCUT2D eigenvalue weighted by Crippen LogP contribution is 2.51. The minimum Gasteiger partial charge on any atom is -0.497 e. The lowest BCUT2D eigenvalue weighted by Crippen LogP contribution is -2.24. The maximum Gasteiger partial charge on any atom is 0.119 e. The van der Waals surface area contributed by atoms with Crippen LogP contribution >= 0.6 is 0 Å². The van der Waals surface area contributed by atoms with Gasteiger partial charge in [-0.05, 0) is 50.6 Å². The van der Waals surface area contributed by atoms with E-state index in [2.05, 4.69) is 29.4 Å². The molecule has 0 atom stereocenters. The van der Waals surface area contributed by atoms with Crippen LogP contribution < -0.4 is 10.1 Å². The minimum atomic E-state index is 0.337. The van der Waals surface area contributed by atoms with Crippen molar-refractivity contribution in [1.29, 1.82) is 0 Å². The molecule has 0 bridgehead atoms. The summed E-state index contributed by atoms with van der Waals surface area (Å²) < 4.78 is 5.35. The van der Waals surface area contributed by atoms with Crippen LogP contribution in [-0.2, 0) is 5.41 Å². The molecule has 0 amide bonds. The maximum atomic E-state index is 5.35. The van der Waals surface area contributed by atoms with Gasteiger partial charge in [-0.25, -0.2) is 0 Å². The van der Waals surface area contributed by atoms with Gasteiger partial charge in [-0.15, -0.1) is 0 Å². The third kappa shape index (κ3) is 1.62. The topological polar surface area (TPSA) is 37.0 Å². The van der Waals surface area contributed by atoms with E-state index in [0.717, 1.165) is 12.3 Å². The van der Waals surface area contributed by atoms with Crippen molar-refractivity contribution >= 4 is 10.9 Å². The van der Waals surface area contributed by atoms with Gasteiger partial charge in [-0.1, -0.05) is 0 Å². The van der Waals surface area contributed by atoms with Gasteiger partial charge in [0.2, 0.25) is 0 Å². The molecule has 3 heteroatoms. The molecule has 2 N–H and O–H groups in total. The summed E-state index contributed by atoms with van der Waals surface area (Å²) in [6, 6.07) is 6.28. The first-order chi connectivity index (χ1) is 8.70. The summed E-state index contributed by atoms with van der Waals surface area (Å²) in [5, 5.41) is 4.65. The molecule has 3 nitrogen and oxygen atoms in total. The number of hydrogen-bond donors (Lipinski definition) is 2. The number of fused-ring (bicyclic) bond motifs is 1. The summed E-state index contributed by atoms with van der Waals surface area (Å²) in [6.07, 6.45) is 2.55. The molecule has 96 valence electrons. The van der Waals surface area contributed by atoms with Gasteiger partial charge in [0.05, 0.1) is 7.11 Å². The summed E-state index contributed by atoms with van der Waals surface area (Å²) in [4.78, 5) is 3.50. The summed E-state index contributed by atoms with van der Waals surface area (Å²) in [6.45, 7) is 3.23. The average molecular weight is 244 g/mol. The van der Waals surface area contributed by atoms with Crippen LogP contribution in [-0.4, -0.2) is 25.7 Å². The predicted octanol–water partition coefficient (Wildman–Crippen LogP) is 2.74. The fourth-order valence-electron chi connectivity index (χ4n) is 3.12. The number of methoxy groups -OCH3 is 1. The second-order valence-electron chi connectivity index (χ2n) is 5.35. The molecule has 1 aliphatic carbocycles. The molecule has 0 spiro atoms. The van der Waals surface area contributed by atoms with Crippen molar-refractivity contribution < 1.29 is 4.74 Å². The van der Waals surface area contributed by atoms with Gasteiger partial charge in [-0.2, -0.15) is 0 Å². The molecule has 0 radical (unpaired) electrons. The number of nitrogens with one attached hydrogen (secondary N) is 2. The van der Waals surface area contributed by atoms with Crippen LogP contribution in [0.4, 0.5) is 0 Å². The highest BCUT2D eigenvalue weighted by molar-refractivity contribution is 5.87. The van der Waals surface area contributed by atoms with Crippen LogP contribution in [0.25, 0.3) is 10.9 Å². The first-order valence-electron chi connectivity index (χ1n) is 6.51. The number of H-pyrrole nitrogens is 1. The van der Waals surface area contributed by atoms with Gasteiger partial charge in [0.1, 0.15) is 5.75 Å². The summed E-state index contributed by atoms with van der Waals surface area (Å²) in [5.41, 5.74) is 4.33. The number of hydrogen-bond acceptors (Lipinski definition) is 2. The second-order valence-corrected chi connectivity index (χ2v) is 5.35. The molecule has 1 aromatic heterocycles. The molecule has 1 heterocycles. The third-order valence-electron chi connectivity index (χ3n) is 4.09. The Labute approximate surface area is 108 Å². The Kier molecular flexibility index (Phi) is 2.59. The molecule has 1 aliphatic rings. The van der Waals surface area contributed by atoms with E-state index in [1.807, 2.05) is 13.1 Å². The number of likely N-dealkylation sites (N-methyl/N-ethyl adjacent to an activating group) is 1. The zero-order valence-electron chi connectivity index (χ0n) is 11.3. The number of aryl methyl sites for hydroxylation is 1. The zero-order valence-corrected chi connectivity index (χ0v) is 11.3. The SMILES string of the molecule is CNCC1(c2c(C)[nH]c3ccc(OC)cc23)CC1. The molecular formula is C15H20N2O. The molecule has 2 aromatic rings. The standard InChI is InChI=1S/C15H20N2O/c1-10-14(15(6-7-15)9-16-2)12-8-11(18-3)4-5-13(12)17-10/h4-5,8,16-17H,6-7,9H2,1-3H3.